The number of ether oxygens (including phenoxy) is 2. The number of hydrogen-bond donors (Lipinski definition) is 1. The number of rotatable bonds is 7. The Bertz CT molecular complexity index is 844. The van der Waals surface area contributed by atoms with Gasteiger partial charge in [-0.25, -0.2) is 4.98 Å². The summed E-state index contributed by atoms with van der Waals surface area (Å²) in [4.78, 5) is 9.39. The van der Waals surface area contributed by atoms with E-state index in [1.54, 1.807) is 0 Å². The normalized spacial score (nSPS) is 20.0. The molecule has 0 aromatic carbocycles. The van der Waals surface area contributed by atoms with E-state index >= 15 is 0 Å². The Hall–Kier alpha value is -2.16. The summed E-state index contributed by atoms with van der Waals surface area (Å²) in [6.45, 7) is 14.0. The Morgan fingerprint density at radius 2 is 1.87 bits per heavy atom. The van der Waals surface area contributed by atoms with E-state index in [2.05, 4.69) is 55.1 Å². The number of nitrogens with one attached hydrogen (secondary N) is 1. The largest absolute Gasteiger partial charge is 0.378 e. The first-order chi connectivity index (χ1) is 15.0. The van der Waals surface area contributed by atoms with E-state index < -0.39 is 0 Å². The van der Waals surface area contributed by atoms with Crippen LogP contribution in [0.2, 0.25) is 0 Å². The zero-order valence-electron chi connectivity index (χ0n) is 19.3. The highest BCUT2D eigenvalue weighted by molar-refractivity contribution is 5.51. The monoisotopic (exact) mass is 428 g/mol. The lowest BCUT2D eigenvalue weighted by atomic mass is 10.0. The van der Waals surface area contributed by atoms with E-state index in [1.807, 2.05) is 10.9 Å². The van der Waals surface area contributed by atoms with Crippen molar-refractivity contribution < 1.29 is 9.47 Å². The van der Waals surface area contributed by atoms with E-state index in [-0.39, 0.29) is 6.10 Å². The van der Waals surface area contributed by atoms with Gasteiger partial charge in [0.15, 0.2) is 0 Å². The Morgan fingerprint density at radius 1 is 1.10 bits per heavy atom. The van der Waals surface area contributed by atoms with Crippen LogP contribution in [0.15, 0.2) is 18.3 Å². The van der Waals surface area contributed by atoms with Gasteiger partial charge >= 0.3 is 0 Å². The number of aryl methyl sites for hydroxylation is 1. The van der Waals surface area contributed by atoms with Gasteiger partial charge in [0.05, 0.1) is 31.6 Å². The minimum absolute atomic E-state index is 0.257. The third-order valence-corrected chi connectivity index (χ3v) is 6.01. The van der Waals surface area contributed by atoms with Gasteiger partial charge in [0.1, 0.15) is 11.6 Å². The fraction of sp³-hybridized carbons (Fsp3) is 0.652. The molecule has 0 bridgehead atoms. The summed E-state index contributed by atoms with van der Waals surface area (Å²) < 4.78 is 13.2. The second-order valence-electron chi connectivity index (χ2n) is 8.82. The fourth-order valence-electron chi connectivity index (χ4n) is 4.45. The van der Waals surface area contributed by atoms with Gasteiger partial charge in [0, 0.05) is 58.1 Å². The summed E-state index contributed by atoms with van der Waals surface area (Å²) in [6, 6.07) is 4.29. The van der Waals surface area contributed by atoms with Gasteiger partial charge in [-0.1, -0.05) is 19.9 Å². The SMILES string of the molecule is CC1CN(c2ccc(CNCc3c(C(C)C)nn(C)c3N3CCOCC3)cn2)CCO1. The lowest BCUT2D eigenvalue weighted by molar-refractivity contribution is 0.0529. The van der Waals surface area contributed by atoms with Crippen molar-refractivity contribution in [3.05, 3.63) is 35.2 Å². The lowest BCUT2D eigenvalue weighted by Crippen LogP contribution is -2.41. The van der Waals surface area contributed by atoms with Gasteiger partial charge < -0.3 is 24.6 Å². The zero-order chi connectivity index (χ0) is 21.8. The molecular formula is C23H36N6O2. The highest BCUT2D eigenvalue weighted by Crippen LogP contribution is 2.29. The molecule has 0 amide bonds. The van der Waals surface area contributed by atoms with Crippen LogP contribution in [0.5, 0.6) is 0 Å². The van der Waals surface area contributed by atoms with E-state index in [1.165, 1.54) is 22.6 Å². The van der Waals surface area contributed by atoms with Crippen LogP contribution >= 0.6 is 0 Å². The van der Waals surface area contributed by atoms with Gasteiger partial charge in [-0.3, -0.25) is 4.68 Å². The summed E-state index contributed by atoms with van der Waals surface area (Å²) in [5.74, 6) is 2.63. The van der Waals surface area contributed by atoms with Crippen molar-refractivity contribution in [2.24, 2.45) is 7.05 Å². The quantitative estimate of drug-likeness (QED) is 0.726. The topological polar surface area (TPSA) is 67.7 Å². The number of nitrogens with zero attached hydrogens (tertiary/aromatic N) is 5. The predicted octanol–water partition coefficient (Wildman–Crippen LogP) is 2.29. The van der Waals surface area contributed by atoms with Crippen molar-refractivity contribution in [1.82, 2.24) is 20.1 Å². The maximum Gasteiger partial charge on any atom is 0.131 e. The Balaban J connectivity index is 1.41. The summed E-state index contributed by atoms with van der Waals surface area (Å²) in [7, 11) is 2.05. The molecule has 31 heavy (non-hydrogen) atoms. The molecule has 2 aliphatic heterocycles. The average molecular weight is 429 g/mol. The molecule has 2 aromatic rings. The second-order valence-corrected chi connectivity index (χ2v) is 8.82. The summed E-state index contributed by atoms with van der Waals surface area (Å²) in [6.07, 6.45) is 2.24. The van der Waals surface area contributed by atoms with Crippen molar-refractivity contribution in [3.8, 4) is 0 Å². The van der Waals surface area contributed by atoms with Gasteiger partial charge in [0.25, 0.3) is 0 Å². The molecule has 2 fully saturated rings. The van der Waals surface area contributed by atoms with Crippen LogP contribution in [0.3, 0.4) is 0 Å². The predicted molar refractivity (Wildman–Crippen MR) is 123 cm³/mol. The molecule has 2 aliphatic rings. The highest BCUT2D eigenvalue weighted by atomic mass is 16.5. The fourth-order valence-corrected chi connectivity index (χ4v) is 4.45. The van der Waals surface area contributed by atoms with Crippen molar-refractivity contribution in [3.63, 3.8) is 0 Å². The van der Waals surface area contributed by atoms with Crippen LogP contribution < -0.4 is 15.1 Å². The highest BCUT2D eigenvalue weighted by Gasteiger charge is 2.24. The Morgan fingerprint density at radius 3 is 2.55 bits per heavy atom. The molecule has 0 aliphatic carbocycles. The van der Waals surface area contributed by atoms with Gasteiger partial charge in [0.2, 0.25) is 0 Å². The molecule has 1 unspecified atom stereocenters. The molecule has 0 radical (unpaired) electrons. The van der Waals surface area contributed by atoms with Crippen LogP contribution in [-0.2, 0) is 29.6 Å². The van der Waals surface area contributed by atoms with Gasteiger partial charge in [-0.2, -0.15) is 5.10 Å². The molecule has 0 spiro atoms. The van der Waals surface area contributed by atoms with Crippen LogP contribution in [0.4, 0.5) is 11.6 Å². The molecular weight excluding hydrogens is 392 g/mol. The smallest absolute Gasteiger partial charge is 0.131 e. The molecule has 4 rings (SSSR count). The zero-order valence-corrected chi connectivity index (χ0v) is 19.3. The van der Waals surface area contributed by atoms with Crippen molar-refractivity contribution in [2.45, 2.75) is 45.9 Å². The molecule has 2 saturated heterocycles. The Labute approximate surface area is 185 Å². The summed E-state index contributed by atoms with van der Waals surface area (Å²) in [5, 5.41) is 8.47. The molecule has 170 valence electrons. The van der Waals surface area contributed by atoms with E-state index in [0.717, 1.165) is 64.9 Å². The number of anilines is 2. The van der Waals surface area contributed by atoms with Crippen LogP contribution in [0.1, 0.15) is 43.5 Å². The second kappa shape index (κ2) is 9.97. The Kier molecular flexibility index (Phi) is 7.09. The molecule has 0 saturated carbocycles. The standard InChI is InChI=1S/C23H36N6O2/c1-17(2)22-20(23(27(4)26-22)28-7-10-30-11-8-28)15-24-13-19-5-6-21(25-14-19)29-9-12-31-18(3)16-29/h5-6,14,17-18,24H,7-13,15-16H2,1-4H3. The maximum atomic E-state index is 5.63. The summed E-state index contributed by atoms with van der Waals surface area (Å²) in [5.41, 5.74) is 3.66. The van der Waals surface area contributed by atoms with E-state index in [0.29, 0.717) is 5.92 Å². The number of pyridine rings is 1. The van der Waals surface area contributed by atoms with E-state index in [9.17, 15) is 0 Å². The van der Waals surface area contributed by atoms with Crippen molar-refractivity contribution in [1.29, 1.82) is 0 Å². The van der Waals surface area contributed by atoms with Crippen LogP contribution in [0.25, 0.3) is 0 Å². The van der Waals surface area contributed by atoms with E-state index in [4.69, 9.17) is 19.6 Å². The van der Waals surface area contributed by atoms with Crippen molar-refractivity contribution in [2.75, 3.05) is 55.8 Å². The van der Waals surface area contributed by atoms with Gasteiger partial charge in [-0.15, -0.1) is 0 Å². The number of morpholine rings is 2. The van der Waals surface area contributed by atoms with Crippen LogP contribution in [0, 0.1) is 0 Å². The van der Waals surface area contributed by atoms with Crippen molar-refractivity contribution >= 4 is 11.6 Å². The average Bonchev–Trinajstić information content (AvgIpc) is 3.11. The first kappa shape index (κ1) is 22.0. The molecule has 4 heterocycles. The molecule has 8 heteroatoms. The molecule has 8 nitrogen and oxygen atoms in total. The molecule has 2 aromatic heterocycles. The first-order valence-electron chi connectivity index (χ1n) is 11.4. The lowest BCUT2D eigenvalue weighted by Gasteiger charge is -2.32. The van der Waals surface area contributed by atoms with Crippen LogP contribution in [-0.4, -0.2) is 66.9 Å². The minimum atomic E-state index is 0.257. The molecule has 1 N–H and O–H groups in total. The third kappa shape index (κ3) is 5.19. The number of aromatic nitrogens is 3. The number of hydrogen-bond acceptors (Lipinski definition) is 7. The third-order valence-electron chi connectivity index (χ3n) is 6.01. The first-order valence-corrected chi connectivity index (χ1v) is 11.4. The molecule has 1 atom stereocenters. The maximum absolute atomic E-state index is 5.63. The minimum Gasteiger partial charge on any atom is -0.378 e. The van der Waals surface area contributed by atoms with Gasteiger partial charge in [-0.05, 0) is 24.5 Å². The summed E-state index contributed by atoms with van der Waals surface area (Å²) >= 11 is 0.